The molecule has 224 valence electrons. The van der Waals surface area contributed by atoms with Crippen LogP contribution < -0.4 is 27.4 Å². The van der Waals surface area contributed by atoms with E-state index < -0.39 is 23.0 Å². The lowest BCUT2D eigenvalue weighted by atomic mass is 9.90. The molecule has 7 N–H and O–H groups in total. The standard InChI is InChI=1S/C30H34N8O5/c31-29(36-38(42)43)33-15-7-12-25(27(39)34-17-20-13-14-23-18-37(30(32)41)19-24(23)16-20)35-28(40)26(21-8-3-1-4-9-21)22-10-5-2-6-11-22/h1-6,8-11,13-14,16,25-26H,7,12,15,17-19H2,(H2,32,41)(H,34,39)(H,35,40)(H3,31,33,36)/t25-/m1/s1. The molecule has 0 bridgehead atoms. The average molecular weight is 587 g/mol. The molecular weight excluding hydrogens is 552 g/mol. The molecule has 0 saturated heterocycles. The van der Waals surface area contributed by atoms with Crippen LogP contribution in [0.2, 0.25) is 0 Å². The van der Waals surface area contributed by atoms with Gasteiger partial charge in [0.05, 0.1) is 5.92 Å². The van der Waals surface area contributed by atoms with Gasteiger partial charge in [-0.3, -0.25) is 9.59 Å². The number of nitro groups is 1. The van der Waals surface area contributed by atoms with Gasteiger partial charge >= 0.3 is 6.03 Å². The van der Waals surface area contributed by atoms with E-state index in [9.17, 15) is 24.5 Å². The van der Waals surface area contributed by atoms with Gasteiger partial charge in [0.1, 0.15) is 11.1 Å². The van der Waals surface area contributed by atoms with Crippen LogP contribution in [0.3, 0.4) is 0 Å². The number of hydrogen-bond acceptors (Lipinski definition) is 5. The quantitative estimate of drug-likeness (QED) is 0.0701. The summed E-state index contributed by atoms with van der Waals surface area (Å²) in [7, 11) is 0. The summed E-state index contributed by atoms with van der Waals surface area (Å²) in [6.07, 6.45) is 0.583. The van der Waals surface area contributed by atoms with E-state index in [-0.39, 0.29) is 37.3 Å². The Kier molecular flexibility index (Phi) is 10.2. The molecule has 13 nitrogen and oxygen atoms in total. The summed E-state index contributed by atoms with van der Waals surface area (Å²) in [6.45, 7) is 1.25. The molecule has 1 aliphatic rings. The van der Waals surface area contributed by atoms with Crippen LogP contribution in [0.5, 0.6) is 0 Å². The lowest BCUT2D eigenvalue weighted by molar-refractivity contribution is -0.485. The number of hydrogen-bond donors (Lipinski definition) is 5. The lowest BCUT2D eigenvalue weighted by Crippen LogP contribution is -2.48. The molecule has 0 unspecified atom stereocenters. The van der Waals surface area contributed by atoms with Crippen LogP contribution in [0.1, 0.15) is 46.6 Å². The predicted octanol–water partition coefficient (Wildman–Crippen LogP) is 1.89. The molecule has 0 spiro atoms. The number of rotatable bonds is 12. The fourth-order valence-electron chi connectivity index (χ4n) is 4.98. The van der Waals surface area contributed by atoms with E-state index in [4.69, 9.17) is 11.5 Å². The van der Waals surface area contributed by atoms with E-state index in [1.807, 2.05) is 78.9 Å². The molecule has 1 heterocycles. The fourth-order valence-corrected chi connectivity index (χ4v) is 4.98. The van der Waals surface area contributed by atoms with Gasteiger partial charge in [-0.15, -0.1) is 0 Å². The van der Waals surface area contributed by atoms with Gasteiger partial charge in [-0.2, -0.15) is 0 Å². The number of nitrogens with zero attached hydrogens (tertiary/aromatic N) is 3. The monoisotopic (exact) mass is 586 g/mol. The Morgan fingerprint density at radius 1 is 0.884 bits per heavy atom. The first-order valence-corrected chi connectivity index (χ1v) is 13.8. The van der Waals surface area contributed by atoms with Crippen molar-refractivity contribution >= 4 is 23.8 Å². The number of amides is 4. The van der Waals surface area contributed by atoms with Crippen molar-refractivity contribution in [2.45, 2.75) is 44.4 Å². The van der Waals surface area contributed by atoms with Crippen molar-refractivity contribution in [2.75, 3.05) is 6.54 Å². The highest BCUT2D eigenvalue weighted by atomic mass is 16.7. The molecule has 0 aromatic heterocycles. The van der Waals surface area contributed by atoms with Crippen molar-refractivity contribution in [1.29, 1.82) is 0 Å². The summed E-state index contributed by atoms with van der Waals surface area (Å²) in [5.41, 5.74) is 15.3. The minimum absolute atomic E-state index is 0.199. The molecule has 1 atom stereocenters. The Morgan fingerprint density at radius 2 is 1.51 bits per heavy atom. The molecule has 3 aromatic rings. The maximum Gasteiger partial charge on any atom is 0.315 e. The summed E-state index contributed by atoms with van der Waals surface area (Å²) in [4.78, 5) is 50.8. The molecular formula is C30H34N8O5. The Morgan fingerprint density at radius 3 is 2.12 bits per heavy atom. The van der Waals surface area contributed by atoms with Crippen molar-refractivity contribution < 1.29 is 19.4 Å². The van der Waals surface area contributed by atoms with E-state index in [0.717, 1.165) is 27.8 Å². The largest absolute Gasteiger partial charge is 0.365 e. The van der Waals surface area contributed by atoms with E-state index in [1.165, 1.54) is 4.90 Å². The second-order valence-corrected chi connectivity index (χ2v) is 10.1. The number of nitrogens with two attached hydrogens (primary N) is 2. The van der Waals surface area contributed by atoms with Crippen LogP contribution in [-0.2, 0) is 29.2 Å². The van der Waals surface area contributed by atoms with Gasteiger partial charge in [0, 0.05) is 26.2 Å². The summed E-state index contributed by atoms with van der Waals surface area (Å²) in [5, 5.41) is 21.1. The van der Waals surface area contributed by atoms with Crippen molar-refractivity contribution in [3.8, 4) is 0 Å². The Hall–Kier alpha value is -5.46. The zero-order valence-corrected chi connectivity index (χ0v) is 23.4. The van der Waals surface area contributed by atoms with Gasteiger partial charge < -0.3 is 32.3 Å². The molecule has 0 saturated carbocycles. The van der Waals surface area contributed by atoms with Gasteiger partial charge in [-0.1, -0.05) is 78.9 Å². The maximum absolute atomic E-state index is 13.7. The second kappa shape index (κ2) is 14.4. The van der Waals surface area contributed by atoms with Crippen molar-refractivity contribution in [1.82, 2.24) is 20.9 Å². The third kappa shape index (κ3) is 8.52. The Bertz CT molecular complexity index is 1440. The van der Waals surface area contributed by atoms with E-state index in [1.54, 1.807) is 0 Å². The number of hydrazone groups is 1. The smallest absolute Gasteiger partial charge is 0.315 e. The fraction of sp³-hybridized carbons (Fsp3) is 0.267. The summed E-state index contributed by atoms with van der Waals surface area (Å²) < 4.78 is 0. The molecule has 13 heteroatoms. The highest BCUT2D eigenvalue weighted by molar-refractivity contribution is 5.92. The zero-order valence-electron chi connectivity index (χ0n) is 23.4. The molecule has 0 radical (unpaired) electrons. The average Bonchev–Trinajstić information content (AvgIpc) is 3.42. The van der Waals surface area contributed by atoms with Gasteiger partial charge in [0.2, 0.25) is 11.8 Å². The topological polar surface area (TPSA) is 198 Å². The minimum Gasteiger partial charge on any atom is -0.365 e. The predicted molar refractivity (Wildman–Crippen MR) is 160 cm³/mol. The highest BCUT2D eigenvalue weighted by Crippen LogP contribution is 2.26. The normalized spacial score (nSPS) is 13.2. The minimum atomic E-state index is -0.906. The molecule has 4 rings (SSSR count). The van der Waals surface area contributed by atoms with E-state index >= 15 is 0 Å². The first kappa shape index (κ1) is 30.5. The summed E-state index contributed by atoms with van der Waals surface area (Å²) in [5.74, 6) is -1.73. The number of primary amides is 1. The van der Waals surface area contributed by atoms with Gasteiger partial charge in [0.15, 0.2) is 5.03 Å². The molecule has 43 heavy (non-hydrogen) atoms. The summed E-state index contributed by atoms with van der Waals surface area (Å²) in [6, 6.07) is 22.9. The van der Waals surface area contributed by atoms with Crippen LogP contribution in [0, 0.1) is 10.1 Å². The summed E-state index contributed by atoms with van der Waals surface area (Å²) >= 11 is 0. The van der Waals surface area contributed by atoms with E-state index in [2.05, 4.69) is 21.1 Å². The number of benzene rings is 3. The number of nitrogens with one attached hydrogen (secondary N) is 3. The Labute approximate surface area is 248 Å². The van der Waals surface area contributed by atoms with Crippen LogP contribution >= 0.6 is 0 Å². The molecule has 0 fully saturated rings. The van der Waals surface area contributed by atoms with Crippen molar-refractivity contribution in [3.05, 3.63) is 117 Å². The Balaban J connectivity index is 1.47. The third-order valence-corrected chi connectivity index (χ3v) is 7.10. The highest BCUT2D eigenvalue weighted by Gasteiger charge is 2.28. The number of guanidine groups is 1. The number of carbonyl (C=O) groups excluding carboxylic acids is 3. The van der Waals surface area contributed by atoms with Gasteiger partial charge in [-0.05, 0) is 40.7 Å². The van der Waals surface area contributed by atoms with Crippen LogP contribution in [0.25, 0.3) is 0 Å². The van der Waals surface area contributed by atoms with Crippen molar-refractivity contribution in [3.63, 3.8) is 0 Å². The second-order valence-electron chi connectivity index (χ2n) is 10.1. The maximum atomic E-state index is 13.7. The first-order chi connectivity index (χ1) is 20.7. The SMILES string of the molecule is NC(=O)N1Cc2ccc(CNC(=O)[C@@H](CCCN/C(N)=N\[N+](=O)[O-])NC(=O)C(c3ccccc3)c3ccccc3)cc2C1. The third-order valence-electron chi connectivity index (χ3n) is 7.10. The number of carbonyl (C=O) groups is 3. The van der Waals surface area contributed by atoms with Gasteiger partial charge in [-0.25, -0.2) is 14.9 Å². The van der Waals surface area contributed by atoms with Crippen LogP contribution in [0.15, 0.2) is 84.0 Å². The van der Waals surface area contributed by atoms with Crippen LogP contribution in [0.4, 0.5) is 4.79 Å². The first-order valence-electron chi connectivity index (χ1n) is 13.8. The number of urea groups is 1. The molecule has 3 aromatic carbocycles. The number of fused-ring (bicyclic) bond motifs is 1. The molecule has 4 amide bonds. The molecule has 1 aliphatic heterocycles. The van der Waals surface area contributed by atoms with E-state index in [0.29, 0.717) is 19.5 Å². The zero-order chi connectivity index (χ0) is 30.8. The van der Waals surface area contributed by atoms with Crippen LogP contribution in [-0.4, -0.2) is 46.3 Å². The lowest BCUT2D eigenvalue weighted by Gasteiger charge is -2.23. The molecule has 0 aliphatic carbocycles. The van der Waals surface area contributed by atoms with Gasteiger partial charge in [0.25, 0.3) is 5.96 Å². The van der Waals surface area contributed by atoms with Crippen molar-refractivity contribution in [2.24, 2.45) is 16.6 Å².